The normalized spacial score (nSPS) is 17.0. The van der Waals surface area contributed by atoms with Gasteiger partial charge < -0.3 is 24.4 Å². The summed E-state index contributed by atoms with van der Waals surface area (Å²) in [7, 11) is 3.30. The van der Waals surface area contributed by atoms with Gasteiger partial charge in [0.15, 0.2) is 0 Å². The van der Waals surface area contributed by atoms with Gasteiger partial charge in [0.05, 0.1) is 25.6 Å². The number of amides is 2. The zero-order valence-electron chi connectivity index (χ0n) is 20.7. The third kappa shape index (κ3) is 6.60. The van der Waals surface area contributed by atoms with E-state index in [-0.39, 0.29) is 24.5 Å². The van der Waals surface area contributed by atoms with Crippen molar-refractivity contribution in [2.24, 2.45) is 0 Å². The zero-order chi connectivity index (χ0) is 25.5. The molecule has 0 unspecified atom stereocenters. The second-order valence-corrected chi connectivity index (χ2v) is 8.67. The van der Waals surface area contributed by atoms with Crippen molar-refractivity contribution in [1.82, 2.24) is 19.7 Å². The minimum Gasteiger partial charge on any atom is -0.488 e. The molecule has 0 saturated carbocycles. The lowest BCUT2D eigenvalue weighted by atomic mass is 10.1. The highest BCUT2D eigenvalue weighted by molar-refractivity contribution is 5.94. The minimum atomic E-state index is -0.644. The smallest absolute Gasteiger partial charge is 0.253 e. The number of hydrogen-bond donors (Lipinski definition) is 1. The summed E-state index contributed by atoms with van der Waals surface area (Å²) in [6.07, 6.45) is 5.23. The Hall–Kier alpha value is -3.92. The van der Waals surface area contributed by atoms with Crippen molar-refractivity contribution in [2.45, 2.75) is 45.1 Å². The van der Waals surface area contributed by atoms with E-state index in [4.69, 9.17) is 14.2 Å². The van der Waals surface area contributed by atoms with Crippen molar-refractivity contribution in [3.8, 4) is 11.6 Å². The summed E-state index contributed by atoms with van der Waals surface area (Å²) in [6.45, 7) is 3.00. The van der Waals surface area contributed by atoms with Crippen molar-refractivity contribution in [3.05, 3.63) is 66.1 Å². The van der Waals surface area contributed by atoms with Crippen LogP contribution in [0.25, 0.3) is 0 Å². The van der Waals surface area contributed by atoms with Gasteiger partial charge in [-0.15, -0.1) is 0 Å². The molecular formula is C26H31N5O5. The molecular weight excluding hydrogens is 462 g/mol. The van der Waals surface area contributed by atoms with E-state index < -0.39 is 6.10 Å². The summed E-state index contributed by atoms with van der Waals surface area (Å²) < 4.78 is 18.1. The van der Waals surface area contributed by atoms with Crippen molar-refractivity contribution in [3.63, 3.8) is 0 Å². The predicted octanol–water partition coefficient (Wildman–Crippen LogP) is 2.68. The van der Waals surface area contributed by atoms with Gasteiger partial charge >= 0.3 is 0 Å². The van der Waals surface area contributed by atoms with Gasteiger partial charge in [0, 0.05) is 38.5 Å². The molecule has 1 saturated heterocycles. The van der Waals surface area contributed by atoms with Crippen molar-refractivity contribution < 1.29 is 23.8 Å². The molecule has 0 spiro atoms. The predicted molar refractivity (Wildman–Crippen MR) is 133 cm³/mol. The van der Waals surface area contributed by atoms with E-state index in [9.17, 15) is 9.59 Å². The number of methoxy groups -OCH3 is 1. The summed E-state index contributed by atoms with van der Waals surface area (Å²) >= 11 is 0. The molecule has 1 aliphatic rings. The largest absolute Gasteiger partial charge is 0.488 e. The molecule has 2 aromatic heterocycles. The van der Waals surface area contributed by atoms with Gasteiger partial charge in [-0.2, -0.15) is 5.10 Å². The number of rotatable bonds is 10. The third-order valence-corrected chi connectivity index (χ3v) is 5.95. The molecule has 0 bridgehead atoms. The number of pyridine rings is 1. The fraction of sp³-hybridized carbons (Fsp3) is 0.385. The number of carbonyl (C=O) groups is 2. The first-order valence-electron chi connectivity index (χ1n) is 11.9. The van der Waals surface area contributed by atoms with Crippen LogP contribution in [0.2, 0.25) is 0 Å². The van der Waals surface area contributed by atoms with Crippen LogP contribution in [0.4, 0.5) is 5.69 Å². The van der Waals surface area contributed by atoms with Crippen LogP contribution in [0, 0.1) is 0 Å². The third-order valence-electron chi connectivity index (χ3n) is 5.95. The number of hydrogen-bond acceptors (Lipinski definition) is 7. The average Bonchev–Trinajstić information content (AvgIpc) is 3.54. The van der Waals surface area contributed by atoms with Crippen LogP contribution in [-0.4, -0.2) is 64.5 Å². The number of anilines is 1. The Balaban J connectivity index is 1.24. The van der Waals surface area contributed by atoms with Crippen LogP contribution in [-0.2, 0) is 33.8 Å². The molecule has 1 N–H and O–H groups in total. The number of benzene rings is 1. The number of aromatic nitrogens is 3. The fourth-order valence-electron chi connectivity index (χ4n) is 3.87. The Morgan fingerprint density at radius 2 is 2.00 bits per heavy atom. The summed E-state index contributed by atoms with van der Waals surface area (Å²) in [5.41, 5.74) is 2.83. The molecule has 1 aliphatic heterocycles. The summed E-state index contributed by atoms with van der Waals surface area (Å²) in [5, 5.41) is 7.01. The van der Waals surface area contributed by atoms with Crippen LogP contribution < -0.4 is 14.8 Å². The first-order chi connectivity index (χ1) is 17.4. The molecule has 3 heterocycles. The highest BCUT2D eigenvalue weighted by Gasteiger charge is 2.32. The van der Waals surface area contributed by atoms with E-state index in [1.807, 2.05) is 12.1 Å². The molecule has 0 aliphatic carbocycles. The van der Waals surface area contributed by atoms with E-state index in [0.29, 0.717) is 36.9 Å². The summed E-state index contributed by atoms with van der Waals surface area (Å²) in [4.78, 5) is 31.0. The van der Waals surface area contributed by atoms with Crippen molar-refractivity contribution in [1.29, 1.82) is 0 Å². The first kappa shape index (κ1) is 25.2. The molecule has 3 aromatic rings. The molecule has 1 fully saturated rings. The molecule has 0 radical (unpaired) electrons. The van der Waals surface area contributed by atoms with Gasteiger partial charge in [0.1, 0.15) is 24.5 Å². The SMILES string of the molecule is CCc1ccc(CN(C)C(=O)Cn2cc(NC(=O)[C@@H]3C[C@@H](Oc4ccnc(OC)c4)CO3)cn2)cc1. The number of nitrogens with zero attached hydrogens (tertiary/aromatic N) is 4. The minimum absolute atomic E-state index is 0.0741. The molecule has 10 heteroatoms. The van der Waals surface area contributed by atoms with Gasteiger partial charge in [-0.05, 0) is 23.6 Å². The Morgan fingerprint density at radius 1 is 1.22 bits per heavy atom. The molecule has 1 aromatic carbocycles. The standard InChI is InChI=1S/C26H31N5O5/c1-4-18-5-7-19(8-6-18)14-30(2)25(32)16-31-15-20(13-28-31)29-26(33)23-11-22(17-35-23)36-21-9-10-27-24(12-21)34-3/h5-10,12-13,15,22-23H,4,11,14,16-17H2,1-3H3,(H,29,33)/t22-,23+/m1/s1. The van der Waals surface area contributed by atoms with E-state index in [1.54, 1.807) is 36.5 Å². The van der Waals surface area contributed by atoms with Gasteiger partial charge in [0.2, 0.25) is 11.8 Å². The highest BCUT2D eigenvalue weighted by Crippen LogP contribution is 2.23. The molecule has 2 atom stereocenters. The molecule has 190 valence electrons. The van der Waals surface area contributed by atoms with Gasteiger partial charge in [-0.25, -0.2) is 4.98 Å². The van der Waals surface area contributed by atoms with Crippen LogP contribution in [0.1, 0.15) is 24.5 Å². The lowest BCUT2D eigenvalue weighted by Gasteiger charge is -2.17. The van der Waals surface area contributed by atoms with Crippen molar-refractivity contribution >= 4 is 17.5 Å². The lowest BCUT2D eigenvalue weighted by Crippen LogP contribution is -2.30. The van der Waals surface area contributed by atoms with E-state index in [0.717, 1.165) is 12.0 Å². The topological polar surface area (TPSA) is 108 Å². The fourth-order valence-corrected chi connectivity index (χ4v) is 3.87. The van der Waals surface area contributed by atoms with Gasteiger partial charge in [-0.1, -0.05) is 31.2 Å². The Bertz CT molecular complexity index is 1180. The molecule has 2 amide bonds. The number of nitrogens with one attached hydrogen (secondary N) is 1. The van der Waals surface area contributed by atoms with E-state index >= 15 is 0 Å². The highest BCUT2D eigenvalue weighted by atomic mass is 16.6. The average molecular weight is 494 g/mol. The number of ether oxygens (including phenoxy) is 3. The maximum absolute atomic E-state index is 12.7. The monoisotopic (exact) mass is 493 g/mol. The summed E-state index contributed by atoms with van der Waals surface area (Å²) in [5.74, 6) is 0.688. The lowest BCUT2D eigenvalue weighted by molar-refractivity contribution is -0.131. The zero-order valence-corrected chi connectivity index (χ0v) is 20.7. The number of carbonyl (C=O) groups excluding carboxylic acids is 2. The Kier molecular flexibility index (Phi) is 8.17. The maximum Gasteiger partial charge on any atom is 0.253 e. The second kappa shape index (κ2) is 11.7. The molecule has 4 rings (SSSR count). The maximum atomic E-state index is 12.7. The summed E-state index contributed by atoms with van der Waals surface area (Å²) in [6, 6.07) is 11.6. The Morgan fingerprint density at radius 3 is 2.75 bits per heavy atom. The molecule has 10 nitrogen and oxygen atoms in total. The van der Waals surface area contributed by atoms with E-state index in [2.05, 4.69) is 34.5 Å². The Labute approximate surface area is 210 Å². The number of likely N-dealkylation sites (N-methyl/N-ethyl adjacent to an activating group) is 1. The van der Waals surface area contributed by atoms with Crippen LogP contribution in [0.3, 0.4) is 0 Å². The number of aryl methyl sites for hydroxylation is 1. The van der Waals surface area contributed by atoms with E-state index in [1.165, 1.54) is 23.6 Å². The second-order valence-electron chi connectivity index (χ2n) is 8.67. The molecule has 36 heavy (non-hydrogen) atoms. The quantitative estimate of drug-likeness (QED) is 0.463. The van der Waals surface area contributed by atoms with Crippen LogP contribution in [0.5, 0.6) is 11.6 Å². The van der Waals surface area contributed by atoms with Crippen molar-refractivity contribution in [2.75, 3.05) is 26.1 Å². The van der Waals surface area contributed by atoms with Gasteiger partial charge in [0.25, 0.3) is 5.91 Å². The van der Waals surface area contributed by atoms with Gasteiger partial charge in [-0.3, -0.25) is 14.3 Å². The first-order valence-corrected chi connectivity index (χ1v) is 11.9. The van der Waals surface area contributed by atoms with Crippen LogP contribution in [0.15, 0.2) is 55.0 Å². The van der Waals surface area contributed by atoms with Crippen LogP contribution >= 0.6 is 0 Å².